The summed E-state index contributed by atoms with van der Waals surface area (Å²) >= 11 is 1.62. The van der Waals surface area contributed by atoms with Crippen LogP contribution >= 0.6 is 11.3 Å². The van der Waals surface area contributed by atoms with Crippen LogP contribution in [0.1, 0.15) is 17.8 Å². The van der Waals surface area contributed by atoms with E-state index in [1.54, 1.807) is 11.3 Å². The maximum absolute atomic E-state index is 12.2. The Bertz CT molecular complexity index is 678. The predicted octanol–water partition coefficient (Wildman–Crippen LogP) is 2.51. The molecular formula is C17H21N3O2S. The third-order valence-electron chi connectivity index (χ3n) is 3.99. The van der Waals surface area contributed by atoms with Crippen molar-refractivity contribution in [2.45, 2.75) is 25.9 Å². The molecule has 0 unspecified atom stereocenters. The summed E-state index contributed by atoms with van der Waals surface area (Å²) in [6, 6.07) is 7.76. The Kier molecular flexibility index (Phi) is 5.05. The second-order valence-corrected chi connectivity index (χ2v) is 6.95. The first-order valence-corrected chi connectivity index (χ1v) is 8.71. The van der Waals surface area contributed by atoms with Crippen LogP contribution in [0.4, 0.5) is 5.69 Å². The Balaban J connectivity index is 1.60. The number of hydrogen-bond donors (Lipinski definition) is 2. The smallest absolute Gasteiger partial charge is 0.238 e. The third kappa shape index (κ3) is 4.37. The first kappa shape index (κ1) is 16.1. The van der Waals surface area contributed by atoms with Crippen molar-refractivity contribution in [2.24, 2.45) is 0 Å². The first-order valence-electron chi connectivity index (χ1n) is 7.83. The number of anilines is 1. The van der Waals surface area contributed by atoms with Crippen molar-refractivity contribution in [1.29, 1.82) is 0 Å². The second-order valence-electron chi connectivity index (χ2n) is 5.89. The summed E-state index contributed by atoms with van der Waals surface area (Å²) in [4.78, 5) is 18.7. The van der Waals surface area contributed by atoms with Crippen molar-refractivity contribution in [3.63, 3.8) is 0 Å². The van der Waals surface area contributed by atoms with Gasteiger partial charge < -0.3 is 10.4 Å². The van der Waals surface area contributed by atoms with E-state index in [1.165, 1.54) is 0 Å². The van der Waals surface area contributed by atoms with E-state index in [0.29, 0.717) is 6.54 Å². The summed E-state index contributed by atoms with van der Waals surface area (Å²) in [7, 11) is 0. The van der Waals surface area contributed by atoms with Gasteiger partial charge in [-0.05, 0) is 31.9 Å². The van der Waals surface area contributed by atoms with E-state index in [1.807, 2.05) is 36.6 Å². The molecule has 5 nitrogen and oxygen atoms in total. The molecule has 122 valence electrons. The SMILES string of the molecule is Cc1nc(-c2cccc(NC(=O)CN3CCC(O)CC3)c2)cs1. The summed E-state index contributed by atoms with van der Waals surface area (Å²) < 4.78 is 0. The molecule has 0 atom stereocenters. The van der Waals surface area contributed by atoms with Crippen molar-refractivity contribution >= 4 is 22.9 Å². The molecule has 0 radical (unpaired) electrons. The number of hydrogen-bond acceptors (Lipinski definition) is 5. The molecule has 1 amide bonds. The quantitative estimate of drug-likeness (QED) is 0.903. The second kappa shape index (κ2) is 7.21. The highest BCUT2D eigenvalue weighted by Crippen LogP contribution is 2.24. The number of likely N-dealkylation sites (tertiary alicyclic amines) is 1. The minimum absolute atomic E-state index is 0.0204. The zero-order valence-corrected chi connectivity index (χ0v) is 14.0. The molecule has 2 heterocycles. The lowest BCUT2D eigenvalue weighted by Gasteiger charge is -2.28. The van der Waals surface area contributed by atoms with Gasteiger partial charge >= 0.3 is 0 Å². The molecule has 1 aromatic heterocycles. The largest absolute Gasteiger partial charge is 0.393 e. The fourth-order valence-electron chi connectivity index (χ4n) is 2.73. The van der Waals surface area contributed by atoms with Crippen molar-refractivity contribution in [2.75, 3.05) is 25.0 Å². The number of nitrogens with one attached hydrogen (secondary N) is 1. The Labute approximate surface area is 140 Å². The zero-order valence-electron chi connectivity index (χ0n) is 13.2. The van der Waals surface area contributed by atoms with Gasteiger partial charge in [-0.1, -0.05) is 12.1 Å². The van der Waals surface area contributed by atoms with E-state index in [4.69, 9.17) is 0 Å². The molecule has 1 aliphatic rings. The number of carbonyl (C=O) groups is 1. The van der Waals surface area contributed by atoms with Gasteiger partial charge in [0.25, 0.3) is 0 Å². The number of benzene rings is 1. The van der Waals surface area contributed by atoms with Crippen molar-refractivity contribution < 1.29 is 9.90 Å². The lowest BCUT2D eigenvalue weighted by molar-refractivity contribution is -0.117. The van der Waals surface area contributed by atoms with Crippen LogP contribution in [0.15, 0.2) is 29.6 Å². The number of aliphatic hydroxyl groups excluding tert-OH is 1. The van der Waals surface area contributed by atoms with Gasteiger partial charge in [-0.25, -0.2) is 4.98 Å². The van der Waals surface area contributed by atoms with Gasteiger partial charge in [-0.2, -0.15) is 0 Å². The summed E-state index contributed by atoms with van der Waals surface area (Å²) in [5.74, 6) is -0.0204. The normalized spacial score (nSPS) is 16.4. The molecule has 0 bridgehead atoms. The number of aliphatic hydroxyl groups is 1. The van der Waals surface area contributed by atoms with Gasteiger partial charge in [0, 0.05) is 29.7 Å². The topological polar surface area (TPSA) is 65.5 Å². The molecule has 0 spiro atoms. The highest BCUT2D eigenvalue weighted by molar-refractivity contribution is 7.09. The Morgan fingerprint density at radius 1 is 1.43 bits per heavy atom. The molecule has 6 heteroatoms. The van der Waals surface area contributed by atoms with Gasteiger partial charge in [0.2, 0.25) is 5.91 Å². The van der Waals surface area contributed by atoms with E-state index in [9.17, 15) is 9.90 Å². The summed E-state index contributed by atoms with van der Waals surface area (Å²) in [6.07, 6.45) is 1.27. The number of aromatic nitrogens is 1. The van der Waals surface area contributed by atoms with Crippen molar-refractivity contribution in [3.8, 4) is 11.3 Å². The van der Waals surface area contributed by atoms with Gasteiger partial charge in [-0.3, -0.25) is 9.69 Å². The van der Waals surface area contributed by atoms with E-state index < -0.39 is 0 Å². The average molecular weight is 331 g/mol. The third-order valence-corrected chi connectivity index (χ3v) is 4.76. The van der Waals surface area contributed by atoms with Crippen LogP contribution in [0, 0.1) is 6.92 Å². The van der Waals surface area contributed by atoms with Crippen LogP contribution in [0.5, 0.6) is 0 Å². The molecular weight excluding hydrogens is 310 g/mol. The Morgan fingerprint density at radius 2 is 2.22 bits per heavy atom. The van der Waals surface area contributed by atoms with Crippen LogP contribution in [0.3, 0.4) is 0 Å². The summed E-state index contributed by atoms with van der Waals surface area (Å²) in [5.41, 5.74) is 2.73. The zero-order chi connectivity index (χ0) is 16.2. The van der Waals surface area contributed by atoms with Crippen LogP contribution in [0.2, 0.25) is 0 Å². The standard InChI is InChI=1S/C17H21N3O2S/c1-12-18-16(11-23-12)13-3-2-4-14(9-13)19-17(22)10-20-7-5-15(21)6-8-20/h2-4,9,11,15,21H,5-8,10H2,1H3,(H,19,22). The molecule has 0 aliphatic carbocycles. The minimum atomic E-state index is -0.215. The molecule has 2 N–H and O–H groups in total. The number of amides is 1. The lowest BCUT2D eigenvalue weighted by Crippen LogP contribution is -2.40. The average Bonchev–Trinajstić information content (AvgIpc) is 2.96. The number of aryl methyl sites for hydroxylation is 1. The van der Waals surface area contributed by atoms with Crippen molar-refractivity contribution in [1.82, 2.24) is 9.88 Å². The summed E-state index contributed by atoms with van der Waals surface area (Å²) in [5, 5.41) is 15.5. The van der Waals surface area contributed by atoms with E-state index >= 15 is 0 Å². The first-order chi connectivity index (χ1) is 11.1. The van der Waals surface area contributed by atoms with Crippen molar-refractivity contribution in [3.05, 3.63) is 34.7 Å². The van der Waals surface area contributed by atoms with Crippen LogP contribution in [0.25, 0.3) is 11.3 Å². The number of carbonyl (C=O) groups excluding carboxylic acids is 1. The molecule has 1 fully saturated rings. The number of rotatable bonds is 4. The molecule has 3 rings (SSSR count). The maximum Gasteiger partial charge on any atom is 0.238 e. The maximum atomic E-state index is 12.2. The fourth-order valence-corrected chi connectivity index (χ4v) is 3.36. The van der Waals surface area contributed by atoms with Crippen LogP contribution in [-0.2, 0) is 4.79 Å². The van der Waals surface area contributed by atoms with E-state index in [2.05, 4.69) is 15.2 Å². The number of piperidine rings is 1. The highest BCUT2D eigenvalue weighted by Gasteiger charge is 2.19. The number of nitrogens with zero attached hydrogens (tertiary/aromatic N) is 2. The minimum Gasteiger partial charge on any atom is -0.393 e. The van der Waals surface area contributed by atoms with Gasteiger partial charge in [-0.15, -0.1) is 11.3 Å². The van der Waals surface area contributed by atoms with Gasteiger partial charge in [0.1, 0.15) is 0 Å². The monoisotopic (exact) mass is 331 g/mol. The van der Waals surface area contributed by atoms with E-state index in [0.717, 1.165) is 47.9 Å². The van der Waals surface area contributed by atoms with Gasteiger partial charge in [0.15, 0.2) is 0 Å². The fraction of sp³-hybridized carbons (Fsp3) is 0.412. The highest BCUT2D eigenvalue weighted by atomic mass is 32.1. The molecule has 1 aliphatic heterocycles. The van der Waals surface area contributed by atoms with Crippen LogP contribution in [-0.4, -0.2) is 46.6 Å². The number of thiazole rings is 1. The van der Waals surface area contributed by atoms with Gasteiger partial charge in [0.05, 0.1) is 23.4 Å². The molecule has 1 saturated heterocycles. The van der Waals surface area contributed by atoms with E-state index in [-0.39, 0.29) is 12.0 Å². The molecule has 23 heavy (non-hydrogen) atoms. The Morgan fingerprint density at radius 3 is 2.91 bits per heavy atom. The predicted molar refractivity (Wildman–Crippen MR) is 92.6 cm³/mol. The molecule has 2 aromatic rings. The Hall–Kier alpha value is -1.76. The molecule has 1 aromatic carbocycles. The summed E-state index contributed by atoms with van der Waals surface area (Å²) in [6.45, 7) is 3.89. The van der Waals surface area contributed by atoms with Crippen LogP contribution < -0.4 is 5.32 Å². The molecule has 0 saturated carbocycles. The lowest BCUT2D eigenvalue weighted by atomic mass is 10.1.